The molecule has 0 N–H and O–H groups in total. The first-order valence-electron chi connectivity index (χ1n) is 4.98. The molecular formula is C12H16OS. The molecule has 0 amide bonds. The molecule has 1 nitrogen and oxygen atoms in total. The van der Waals surface area contributed by atoms with Crippen molar-refractivity contribution in [3.05, 3.63) is 30.3 Å². The molecule has 1 rings (SSSR count). The van der Waals surface area contributed by atoms with E-state index in [9.17, 15) is 4.79 Å². The summed E-state index contributed by atoms with van der Waals surface area (Å²) in [5.41, 5.74) is 0. The molecule has 0 spiro atoms. The quantitative estimate of drug-likeness (QED) is 0.701. The van der Waals surface area contributed by atoms with E-state index in [2.05, 4.69) is 13.8 Å². The summed E-state index contributed by atoms with van der Waals surface area (Å²) >= 11 is 1.35. The smallest absolute Gasteiger partial charge is 0.193 e. The minimum Gasteiger partial charge on any atom is -0.287 e. The van der Waals surface area contributed by atoms with E-state index in [1.54, 1.807) is 0 Å². The monoisotopic (exact) mass is 208 g/mol. The van der Waals surface area contributed by atoms with E-state index in [4.69, 9.17) is 0 Å². The number of rotatable bonds is 4. The van der Waals surface area contributed by atoms with Gasteiger partial charge in [-0.2, -0.15) is 0 Å². The number of benzene rings is 1. The van der Waals surface area contributed by atoms with Crippen molar-refractivity contribution in [1.82, 2.24) is 0 Å². The Morgan fingerprint density at radius 2 is 2.00 bits per heavy atom. The molecule has 0 saturated carbocycles. The Labute approximate surface area is 89.9 Å². The highest BCUT2D eigenvalue weighted by atomic mass is 32.2. The summed E-state index contributed by atoms with van der Waals surface area (Å²) in [6, 6.07) is 9.82. The zero-order chi connectivity index (χ0) is 10.4. The van der Waals surface area contributed by atoms with Crippen LogP contribution in [-0.4, -0.2) is 5.12 Å². The lowest BCUT2D eigenvalue weighted by Gasteiger charge is -2.06. The molecule has 0 saturated heterocycles. The second-order valence-corrected chi connectivity index (χ2v) is 4.64. The van der Waals surface area contributed by atoms with Crippen LogP contribution in [0.2, 0.25) is 0 Å². The van der Waals surface area contributed by atoms with E-state index in [0.717, 1.165) is 11.3 Å². The fraction of sp³-hybridized carbons (Fsp3) is 0.417. The van der Waals surface area contributed by atoms with Gasteiger partial charge in [0.05, 0.1) is 0 Å². The Bertz CT molecular complexity index is 282. The molecule has 76 valence electrons. The summed E-state index contributed by atoms with van der Waals surface area (Å²) in [7, 11) is 0. The highest BCUT2D eigenvalue weighted by molar-refractivity contribution is 8.13. The largest absolute Gasteiger partial charge is 0.287 e. The van der Waals surface area contributed by atoms with Crippen molar-refractivity contribution in [1.29, 1.82) is 0 Å². The van der Waals surface area contributed by atoms with Crippen LogP contribution in [0, 0.1) is 5.92 Å². The highest BCUT2D eigenvalue weighted by Gasteiger charge is 2.08. The molecule has 1 aromatic carbocycles. The van der Waals surface area contributed by atoms with Gasteiger partial charge in [-0.3, -0.25) is 4.79 Å². The van der Waals surface area contributed by atoms with Gasteiger partial charge in [0.1, 0.15) is 0 Å². The summed E-state index contributed by atoms with van der Waals surface area (Å²) in [4.78, 5) is 12.6. The Morgan fingerprint density at radius 3 is 2.57 bits per heavy atom. The number of hydrogen-bond donors (Lipinski definition) is 0. The third-order valence-corrected chi connectivity index (χ3v) is 3.09. The minimum atomic E-state index is 0.269. The maximum Gasteiger partial charge on any atom is 0.193 e. The number of hydrogen-bond acceptors (Lipinski definition) is 2. The van der Waals surface area contributed by atoms with Gasteiger partial charge in [-0.1, -0.05) is 50.2 Å². The van der Waals surface area contributed by atoms with Crippen LogP contribution >= 0.6 is 11.8 Å². The van der Waals surface area contributed by atoms with Crippen LogP contribution in [0.25, 0.3) is 0 Å². The van der Waals surface area contributed by atoms with E-state index < -0.39 is 0 Å². The molecular weight excluding hydrogens is 192 g/mol. The van der Waals surface area contributed by atoms with Crippen molar-refractivity contribution in [2.45, 2.75) is 31.6 Å². The van der Waals surface area contributed by atoms with Gasteiger partial charge < -0.3 is 0 Å². The van der Waals surface area contributed by atoms with Crippen LogP contribution in [0.3, 0.4) is 0 Å². The molecule has 1 atom stereocenters. The Morgan fingerprint density at radius 1 is 1.36 bits per heavy atom. The zero-order valence-electron chi connectivity index (χ0n) is 8.69. The minimum absolute atomic E-state index is 0.269. The Kier molecular flexibility index (Phi) is 4.74. The lowest BCUT2D eigenvalue weighted by molar-refractivity contribution is -0.111. The maximum absolute atomic E-state index is 11.5. The van der Waals surface area contributed by atoms with Crippen LogP contribution in [0.5, 0.6) is 0 Å². The molecule has 0 aliphatic rings. The zero-order valence-corrected chi connectivity index (χ0v) is 9.51. The second-order valence-electron chi connectivity index (χ2n) is 3.50. The van der Waals surface area contributed by atoms with E-state index in [0.29, 0.717) is 12.3 Å². The molecule has 14 heavy (non-hydrogen) atoms. The van der Waals surface area contributed by atoms with E-state index in [-0.39, 0.29) is 5.12 Å². The standard InChI is InChI=1S/C12H16OS/c1-3-10(2)9-12(13)14-11-7-5-4-6-8-11/h4-8,10H,3,9H2,1-2H3. The van der Waals surface area contributed by atoms with E-state index in [1.807, 2.05) is 30.3 Å². The van der Waals surface area contributed by atoms with Crippen molar-refractivity contribution >= 4 is 16.9 Å². The summed E-state index contributed by atoms with van der Waals surface area (Å²) in [5, 5.41) is 0.269. The fourth-order valence-corrected chi connectivity index (χ4v) is 2.01. The van der Waals surface area contributed by atoms with Crippen molar-refractivity contribution < 1.29 is 4.79 Å². The molecule has 1 unspecified atom stereocenters. The summed E-state index contributed by atoms with van der Waals surface area (Å²) < 4.78 is 0. The first kappa shape index (κ1) is 11.3. The third kappa shape index (κ3) is 3.97. The van der Waals surface area contributed by atoms with Gasteiger partial charge in [0.15, 0.2) is 5.12 Å². The normalized spacial score (nSPS) is 12.4. The maximum atomic E-state index is 11.5. The molecule has 0 heterocycles. The molecule has 0 aliphatic heterocycles. The van der Waals surface area contributed by atoms with Crippen molar-refractivity contribution in [3.8, 4) is 0 Å². The first-order chi connectivity index (χ1) is 6.72. The van der Waals surface area contributed by atoms with Gasteiger partial charge >= 0.3 is 0 Å². The van der Waals surface area contributed by atoms with Gasteiger partial charge in [0.25, 0.3) is 0 Å². The van der Waals surface area contributed by atoms with Crippen molar-refractivity contribution in [2.75, 3.05) is 0 Å². The van der Waals surface area contributed by atoms with Gasteiger partial charge in [-0.15, -0.1) is 0 Å². The van der Waals surface area contributed by atoms with Crippen molar-refractivity contribution in [3.63, 3.8) is 0 Å². The third-order valence-electron chi connectivity index (χ3n) is 2.19. The van der Waals surface area contributed by atoms with Crippen molar-refractivity contribution in [2.24, 2.45) is 5.92 Å². The molecule has 0 radical (unpaired) electrons. The molecule has 1 aromatic rings. The topological polar surface area (TPSA) is 17.1 Å². The second kappa shape index (κ2) is 5.86. The lowest BCUT2D eigenvalue weighted by Crippen LogP contribution is -2.00. The van der Waals surface area contributed by atoms with E-state index >= 15 is 0 Å². The van der Waals surface area contributed by atoms with Gasteiger partial charge in [0.2, 0.25) is 0 Å². The van der Waals surface area contributed by atoms with Gasteiger partial charge in [0, 0.05) is 11.3 Å². The van der Waals surface area contributed by atoms with Crippen LogP contribution in [0.4, 0.5) is 0 Å². The average Bonchev–Trinajstić information content (AvgIpc) is 2.19. The summed E-state index contributed by atoms with van der Waals surface area (Å²) in [6.45, 7) is 4.23. The average molecular weight is 208 g/mol. The first-order valence-corrected chi connectivity index (χ1v) is 5.79. The molecule has 0 bridgehead atoms. The lowest BCUT2D eigenvalue weighted by atomic mass is 10.1. The SMILES string of the molecule is CCC(C)CC(=O)Sc1ccccc1. The fourth-order valence-electron chi connectivity index (χ4n) is 1.09. The molecule has 2 heteroatoms. The highest BCUT2D eigenvalue weighted by Crippen LogP contribution is 2.22. The van der Waals surface area contributed by atoms with E-state index in [1.165, 1.54) is 11.8 Å². The molecule has 0 fully saturated rings. The van der Waals surface area contributed by atoms with Crippen LogP contribution in [0.15, 0.2) is 35.2 Å². The van der Waals surface area contributed by atoms with Crippen LogP contribution in [-0.2, 0) is 4.79 Å². The van der Waals surface area contributed by atoms with Gasteiger partial charge in [-0.05, 0) is 18.1 Å². The number of carbonyl (C=O) groups excluding carboxylic acids is 1. The molecule has 0 aliphatic carbocycles. The molecule has 0 aromatic heterocycles. The Hall–Kier alpha value is -0.760. The van der Waals surface area contributed by atoms with Gasteiger partial charge in [-0.25, -0.2) is 0 Å². The predicted octanol–water partition coefficient (Wildman–Crippen LogP) is 3.74. The number of thioether (sulfide) groups is 1. The summed E-state index contributed by atoms with van der Waals surface area (Å²) in [5.74, 6) is 0.499. The van der Waals surface area contributed by atoms with Crippen LogP contribution in [0.1, 0.15) is 26.7 Å². The van der Waals surface area contributed by atoms with Crippen LogP contribution < -0.4 is 0 Å². The summed E-state index contributed by atoms with van der Waals surface area (Å²) in [6.07, 6.45) is 1.75. The number of carbonyl (C=O) groups is 1. The predicted molar refractivity (Wildman–Crippen MR) is 61.4 cm³/mol. The Balaban J connectivity index is 2.42.